The fourth-order valence-corrected chi connectivity index (χ4v) is 4.82. The quantitative estimate of drug-likeness (QED) is 0.588. The Hall–Kier alpha value is -2.26. The van der Waals surface area contributed by atoms with Gasteiger partial charge in [0.1, 0.15) is 36.0 Å². The zero-order chi connectivity index (χ0) is 21.0. The van der Waals surface area contributed by atoms with E-state index in [2.05, 4.69) is 15.3 Å². The van der Waals surface area contributed by atoms with Gasteiger partial charge in [-0.05, 0) is 37.6 Å². The molecule has 7 nitrogen and oxygen atoms in total. The van der Waals surface area contributed by atoms with Crippen LogP contribution in [0.15, 0.2) is 24.7 Å². The average Bonchev–Trinajstić information content (AvgIpc) is 3.20. The third-order valence-electron chi connectivity index (χ3n) is 6.13. The summed E-state index contributed by atoms with van der Waals surface area (Å²) in [5.74, 6) is 0.146. The number of aryl methyl sites for hydroxylation is 1. The standard InChI is InChI=1S/C21H22ClFN4O3/c1-10-18-14(23)8-27(21(18)26-9-25-10)15-6-17(20(29)19(15)28)30-16-5-12(22)4-11-2-3-24-7-13(11)16/h4-5,8-9,15,17,19-20,24,28-29H,2-3,6-7H2,1H3. The number of rotatable bonds is 3. The Morgan fingerprint density at radius 3 is 2.93 bits per heavy atom. The van der Waals surface area contributed by atoms with E-state index >= 15 is 0 Å². The molecule has 3 heterocycles. The summed E-state index contributed by atoms with van der Waals surface area (Å²) < 4.78 is 22.3. The number of nitrogens with one attached hydrogen (secondary N) is 1. The van der Waals surface area contributed by atoms with Gasteiger partial charge in [-0.2, -0.15) is 0 Å². The summed E-state index contributed by atoms with van der Waals surface area (Å²) >= 11 is 6.27. The first kappa shape index (κ1) is 19.7. The number of fused-ring (bicyclic) bond motifs is 2. The molecule has 9 heteroatoms. The SMILES string of the molecule is Cc1ncnc2c1c(F)cn2C1CC(Oc2cc(Cl)cc3c2CNCC3)C(O)C1O. The largest absolute Gasteiger partial charge is 0.487 e. The van der Waals surface area contributed by atoms with Crippen LogP contribution in [0.25, 0.3) is 11.0 Å². The Morgan fingerprint density at radius 1 is 1.27 bits per heavy atom. The van der Waals surface area contributed by atoms with Crippen molar-refractivity contribution in [3.05, 3.63) is 52.3 Å². The Kier molecular flexibility index (Phi) is 4.89. The fourth-order valence-electron chi connectivity index (χ4n) is 4.59. The minimum atomic E-state index is -1.13. The zero-order valence-electron chi connectivity index (χ0n) is 16.3. The fraction of sp³-hybridized carbons (Fsp3) is 0.429. The highest BCUT2D eigenvalue weighted by Crippen LogP contribution is 2.38. The molecule has 5 rings (SSSR count). The molecule has 0 bridgehead atoms. The molecule has 1 fully saturated rings. The highest BCUT2D eigenvalue weighted by Gasteiger charge is 2.45. The lowest BCUT2D eigenvalue weighted by Gasteiger charge is -2.24. The first-order valence-corrected chi connectivity index (χ1v) is 10.3. The molecule has 0 amide bonds. The van der Waals surface area contributed by atoms with Crippen molar-refractivity contribution in [2.24, 2.45) is 0 Å². The van der Waals surface area contributed by atoms with E-state index < -0.39 is 30.2 Å². The molecule has 0 spiro atoms. The predicted molar refractivity (Wildman–Crippen MR) is 109 cm³/mol. The molecule has 2 aliphatic rings. The van der Waals surface area contributed by atoms with Crippen molar-refractivity contribution in [2.45, 2.75) is 50.7 Å². The van der Waals surface area contributed by atoms with Gasteiger partial charge in [-0.1, -0.05) is 11.6 Å². The number of hydrogen-bond donors (Lipinski definition) is 3. The number of nitrogens with zero attached hydrogens (tertiary/aromatic N) is 3. The summed E-state index contributed by atoms with van der Waals surface area (Å²) in [5.41, 5.74) is 3.04. The molecule has 30 heavy (non-hydrogen) atoms. The van der Waals surface area contributed by atoms with Gasteiger partial charge in [-0.3, -0.25) is 0 Å². The molecular formula is C21H22ClFN4O3. The van der Waals surface area contributed by atoms with Crippen LogP contribution in [0.3, 0.4) is 0 Å². The first-order chi connectivity index (χ1) is 14.4. The number of hydrogen-bond acceptors (Lipinski definition) is 6. The molecule has 1 saturated carbocycles. The third kappa shape index (κ3) is 3.15. The Labute approximate surface area is 177 Å². The lowest BCUT2D eigenvalue weighted by molar-refractivity contribution is -0.0166. The molecule has 158 valence electrons. The van der Waals surface area contributed by atoms with Crippen LogP contribution in [0.1, 0.15) is 29.3 Å². The molecule has 2 aromatic heterocycles. The molecule has 3 N–H and O–H groups in total. The number of ether oxygens (including phenoxy) is 1. The van der Waals surface area contributed by atoms with Crippen molar-refractivity contribution in [1.82, 2.24) is 19.9 Å². The zero-order valence-corrected chi connectivity index (χ0v) is 17.1. The lowest BCUT2D eigenvalue weighted by Crippen LogP contribution is -2.34. The van der Waals surface area contributed by atoms with Gasteiger partial charge in [0.05, 0.1) is 17.1 Å². The number of aliphatic hydroxyl groups is 2. The van der Waals surface area contributed by atoms with Gasteiger partial charge in [0.25, 0.3) is 0 Å². The molecular weight excluding hydrogens is 411 g/mol. The van der Waals surface area contributed by atoms with E-state index in [1.807, 2.05) is 6.07 Å². The average molecular weight is 433 g/mol. The second-order valence-electron chi connectivity index (χ2n) is 7.95. The summed E-state index contributed by atoms with van der Waals surface area (Å²) in [6, 6.07) is 3.09. The number of benzene rings is 1. The maximum absolute atomic E-state index is 14.5. The Bertz CT molecular complexity index is 1120. The van der Waals surface area contributed by atoms with Gasteiger partial charge in [0, 0.05) is 29.7 Å². The monoisotopic (exact) mass is 432 g/mol. The maximum atomic E-state index is 14.5. The Balaban J connectivity index is 1.47. The van der Waals surface area contributed by atoms with E-state index in [4.69, 9.17) is 16.3 Å². The lowest BCUT2D eigenvalue weighted by atomic mass is 10.00. The van der Waals surface area contributed by atoms with Crippen LogP contribution < -0.4 is 10.1 Å². The third-order valence-corrected chi connectivity index (χ3v) is 6.34. The molecule has 4 unspecified atom stereocenters. The number of aliphatic hydroxyl groups excluding tert-OH is 2. The van der Waals surface area contributed by atoms with Gasteiger partial charge in [0.15, 0.2) is 5.82 Å². The van der Waals surface area contributed by atoms with Crippen LogP contribution in [-0.4, -0.2) is 49.6 Å². The van der Waals surface area contributed by atoms with Gasteiger partial charge >= 0.3 is 0 Å². The summed E-state index contributed by atoms with van der Waals surface area (Å²) in [6.07, 6.45) is 0.878. The van der Waals surface area contributed by atoms with Crippen molar-refractivity contribution in [1.29, 1.82) is 0 Å². The van der Waals surface area contributed by atoms with Crippen molar-refractivity contribution in [3.63, 3.8) is 0 Å². The van der Waals surface area contributed by atoms with E-state index in [-0.39, 0.29) is 0 Å². The van der Waals surface area contributed by atoms with Gasteiger partial charge < -0.3 is 24.8 Å². The molecule has 1 aliphatic carbocycles. The van der Waals surface area contributed by atoms with E-state index in [9.17, 15) is 14.6 Å². The second-order valence-corrected chi connectivity index (χ2v) is 8.39. The van der Waals surface area contributed by atoms with Crippen LogP contribution >= 0.6 is 11.6 Å². The minimum Gasteiger partial charge on any atom is -0.487 e. The molecule has 1 aliphatic heterocycles. The van der Waals surface area contributed by atoms with Gasteiger partial charge in [-0.25, -0.2) is 14.4 Å². The molecule has 4 atom stereocenters. The van der Waals surface area contributed by atoms with E-state index in [1.165, 1.54) is 12.5 Å². The molecule has 1 aromatic carbocycles. The van der Waals surface area contributed by atoms with Crippen LogP contribution in [0.2, 0.25) is 5.02 Å². The van der Waals surface area contributed by atoms with Crippen LogP contribution in [0, 0.1) is 12.7 Å². The summed E-state index contributed by atoms with van der Waals surface area (Å²) in [5, 5.41) is 25.6. The van der Waals surface area contributed by atoms with Crippen molar-refractivity contribution in [2.75, 3.05) is 6.54 Å². The Morgan fingerprint density at radius 2 is 2.10 bits per heavy atom. The van der Waals surface area contributed by atoms with E-state index in [0.717, 1.165) is 24.1 Å². The van der Waals surface area contributed by atoms with E-state index in [1.54, 1.807) is 17.6 Å². The summed E-state index contributed by atoms with van der Waals surface area (Å²) in [4.78, 5) is 8.24. The van der Waals surface area contributed by atoms with Crippen molar-refractivity contribution >= 4 is 22.6 Å². The molecule has 0 radical (unpaired) electrons. The minimum absolute atomic E-state index is 0.295. The highest BCUT2D eigenvalue weighted by atomic mass is 35.5. The van der Waals surface area contributed by atoms with Crippen LogP contribution in [-0.2, 0) is 13.0 Å². The van der Waals surface area contributed by atoms with Crippen molar-refractivity contribution < 1.29 is 19.3 Å². The van der Waals surface area contributed by atoms with Crippen molar-refractivity contribution in [3.8, 4) is 5.75 Å². The van der Waals surface area contributed by atoms with Crippen LogP contribution in [0.5, 0.6) is 5.75 Å². The topological polar surface area (TPSA) is 92.4 Å². The molecule has 3 aromatic rings. The second kappa shape index (κ2) is 7.46. The highest BCUT2D eigenvalue weighted by molar-refractivity contribution is 6.30. The van der Waals surface area contributed by atoms with Gasteiger partial charge in [0.2, 0.25) is 0 Å². The molecule has 0 saturated heterocycles. The number of aromatic nitrogens is 3. The van der Waals surface area contributed by atoms with E-state index in [0.29, 0.717) is 40.5 Å². The summed E-state index contributed by atoms with van der Waals surface area (Å²) in [6.45, 7) is 3.23. The normalized spacial score (nSPS) is 26.2. The van der Waals surface area contributed by atoms with Gasteiger partial charge in [-0.15, -0.1) is 0 Å². The summed E-state index contributed by atoms with van der Waals surface area (Å²) in [7, 11) is 0. The smallest absolute Gasteiger partial charge is 0.152 e. The van der Waals surface area contributed by atoms with Crippen LogP contribution in [0.4, 0.5) is 4.39 Å². The predicted octanol–water partition coefficient (Wildman–Crippen LogP) is 2.29. The number of halogens is 2. The maximum Gasteiger partial charge on any atom is 0.152 e. The first-order valence-electron chi connectivity index (χ1n) is 9.96.